The van der Waals surface area contributed by atoms with E-state index in [1.807, 2.05) is 0 Å². The summed E-state index contributed by atoms with van der Waals surface area (Å²) >= 11 is 2.41. The lowest BCUT2D eigenvalue weighted by molar-refractivity contribution is 0.887. The Morgan fingerprint density at radius 1 is 1.07 bits per heavy atom. The lowest BCUT2D eigenvalue weighted by atomic mass is 9.92. The molecule has 0 saturated carbocycles. The zero-order valence-electron chi connectivity index (χ0n) is 10.1. The van der Waals surface area contributed by atoms with Crippen LogP contribution in [0.1, 0.15) is 42.5 Å². The van der Waals surface area contributed by atoms with Crippen LogP contribution in [0.15, 0.2) is 0 Å². The highest BCUT2D eigenvalue weighted by atomic mass is 127. The topological polar surface area (TPSA) is 26.0 Å². The fourth-order valence-electron chi connectivity index (χ4n) is 2.14. The van der Waals surface area contributed by atoms with Gasteiger partial charge in [0.15, 0.2) is 0 Å². The molecule has 0 aromatic heterocycles. The van der Waals surface area contributed by atoms with Gasteiger partial charge in [0, 0.05) is 9.26 Å². The minimum absolute atomic E-state index is 1.01. The summed E-state index contributed by atoms with van der Waals surface area (Å²) in [6.07, 6.45) is 3.38. The van der Waals surface area contributed by atoms with Gasteiger partial charge in [-0.1, -0.05) is 20.3 Å². The van der Waals surface area contributed by atoms with Gasteiger partial charge < -0.3 is 5.73 Å². The number of anilines is 1. The smallest absolute Gasteiger partial charge is 0.0389 e. The van der Waals surface area contributed by atoms with Crippen LogP contribution in [0.2, 0.25) is 0 Å². The van der Waals surface area contributed by atoms with Crippen molar-refractivity contribution in [1.29, 1.82) is 0 Å². The molecule has 0 unspecified atom stereocenters. The second kappa shape index (κ2) is 5.19. The second-order valence-electron chi connectivity index (χ2n) is 4.04. The van der Waals surface area contributed by atoms with Crippen molar-refractivity contribution in [3.05, 3.63) is 25.8 Å². The van der Waals surface area contributed by atoms with Crippen LogP contribution < -0.4 is 5.73 Å². The van der Waals surface area contributed by atoms with Crippen LogP contribution >= 0.6 is 22.6 Å². The fraction of sp³-hybridized carbons (Fsp3) is 0.538. The summed E-state index contributed by atoms with van der Waals surface area (Å²) in [6, 6.07) is 0. The summed E-state index contributed by atoms with van der Waals surface area (Å²) < 4.78 is 1.34. The van der Waals surface area contributed by atoms with Crippen molar-refractivity contribution in [2.45, 2.75) is 47.0 Å². The third-order valence-electron chi connectivity index (χ3n) is 3.06. The van der Waals surface area contributed by atoms with E-state index in [4.69, 9.17) is 5.73 Å². The third kappa shape index (κ3) is 2.30. The molecule has 0 radical (unpaired) electrons. The quantitative estimate of drug-likeness (QED) is 0.662. The van der Waals surface area contributed by atoms with Gasteiger partial charge in [0.05, 0.1) is 0 Å². The van der Waals surface area contributed by atoms with Crippen LogP contribution in [0.3, 0.4) is 0 Å². The lowest BCUT2D eigenvalue weighted by Crippen LogP contribution is -2.07. The van der Waals surface area contributed by atoms with E-state index in [2.05, 4.69) is 50.3 Å². The lowest BCUT2D eigenvalue weighted by Gasteiger charge is -2.18. The minimum atomic E-state index is 1.01. The number of hydrogen-bond acceptors (Lipinski definition) is 1. The van der Waals surface area contributed by atoms with Gasteiger partial charge in [-0.05, 0) is 71.5 Å². The molecule has 1 rings (SSSR count). The molecule has 0 aliphatic heterocycles. The Labute approximate surface area is 107 Å². The summed E-state index contributed by atoms with van der Waals surface area (Å²) in [6.45, 7) is 8.76. The van der Waals surface area contributed by atoms with Crippen LogP contribution in [-0.4, -0.2) is 0 Å². The molecule has 0 aliphatic rings. The SMILES string of the molecule is CCCc1c(C)c(I)c(C)c(N)c1CC. The molecule has 0 atom stereocenters. The van der Waals surface area contributed by atoms with Crippen molar-refractivity contribution in [2.75, 3.05) is 5.73 Å². The largest absolute Gasteiger partial charge is 0.398 e. The Balaban J connectivity index is 3.47. The van der Waals surface area contributed by atoms with Gasteiger partial charge in [-0.25, -0.2) is 0 Å². The van der Waals surface area contributed by atoms with E-state index < -0.39 is 0 Å². The minimum Gasteiger partial charge on any atom is -0.398 e. The second-order valence-corrected chi connectivity index (χ2v) is 5.12. The summed E-state index contributed by atoms with van der Waals surface area (Å²) in [5, 5.41) is 0. The molecule has 1 aromatic rings. The molecule has 0 amide bonds. The first kappa shape index (κ1) is 12.8. The van der Waals surface area contributed by atoms with Crippen molar-refractivity contribution in [3.63, 3.8) is 0 Å². The van der Waals surface area contributed by atoms with Gasteiger partial charge in [0.2, 0.25) is 0 Å². The third-order valence-corrected chi connectivity index (χ3v) is 4.68. The maximum atomic E-state index is 6.19. The highest BCUT2D eigenvalue weighted by Crippen LogP contribution is 2.31. The van der Waals surface area contributed by atoms with Crippen LogP contribution in [0.5, 0.6) is 0 Å². The predicted octanol–water partition coefficient (Wildman–Crippen LogP) is 4.01. The highest BCUT2D eigenvalue weighted by Gasteiger charge is 2.14. The monoisotopic (exact) mass is 317 g/mol. The van der Waals surface area contributed by atoms with E-state index in [1.165, 1.54) is 32.2 Å². The Morgan fingerprint density at radius 3 is 2.13 bits per heavy atom. The summed E-state index contributed by atoms with van der Waals surface area (Å²) in [4.78, 5) is 0. The predicted molar refractivity (Wildman–Crippen MR) is 76.4 cm³/mol. The standard InChI is InChI=1S/C13H20IN/c1-5-7-11-8(3)12(14)9(4)13(15)10(11)6-2/h5-7,15H2,1-4H3. The summed E-state index contributed by atoms with van der Waals surface area (Å²) in [5.41, 5.74) is 12.7. The van der Waals surface area contributed by atoms with Gasteiger partial charge >= 0.3 is 0 Å². The molecule has 0 fully saturated rings. The molecule has 2 heteroatoms. The van der Waals surface area contributed by atoms with Gasteiger partial charge in [-0.3, -0.25) is 0 Å². The van der Waals surface area contributed by atoms with Crippen LogP contribution in [0.25, 0.3) is 0 Å². The average Bonchev–Trinajstić information content (AvgIpc) is 2.24. The molecular weight excluding hydrogens is 297 g/mol. The Morgan fingerprint density at radius 2 is 1.67 bits per heavy atom. The van der Waals surface area contributed by atoms with Gasteiger partial charge in [-0.15, -0.1) is 0 Å². The maximum Gasteiger partial charge on any atom is 0.0389 e. The van der Waals surface area contributed by atoms with Crippen molar-refractivity contribution in [2.24, 2.45) is 0 Å². The van der Waals surface area contributed by atoms with E-state index in [1.54, 1.807) is 0 Å². The number of nitrogen functional groups attached to an aromatic ring is 1. The van der Waals surface area contributed by atoms with Crippen molar-refractivity contribution >= 4 is 28.3 Å². The Kier molecular flexibility index (Phi) is 4.44. The van der Waals surface area contributed by atoms with Crippen molar-refractivity contribution in [3.8, 4) is 0 Å². The van der Waals surface area contributed by atoms with Gasteiger partial charge in [0.1, 0.15) is 0 Å². The molecule has 0 heterocycles. The number of halogens is 1. The first-order chi connectivity index (χ1) is 7.04. The normalized spacial score (nSPS) is 10.7. The molecule has 2 N–H and O–H groups in total. The number of nitrogens with two attached hydrogens (primary N) is 1. The number of rotatable bonds is 3. The zero-order valence-corrected chi connectivity index (χ0v) is 12.2. The first-order valence-electron chi connectivity index (χ1n) is 5.60. The van der Waals surface area contributed by atoms with Gasteiger partial charge in [-0.2, -0.15) is 0 Å². The van der Waals surface area contributed by atoms with Gasteiger partial charge in [0.25, 0.3) is 0 Å². The molecule has 0 aliphatic carbocycles. The zero-order chi connectivity index (χ0) is 11.6. The fourth-order valence-corrected chi connectivity index (χ4v) is 2.76. The molecule has 15 heavy (non-hydrogen) atoms. The van der Waals surface area contributed by atoms with Crippen LogP contribution in [-0.2, 0) is 12.8 Å². The number of hydrogen-bond donors (Lipinski definition) is 1. The molecule has 0 spiro atoms. The van der Waals surface area contributed by atoms with Crippen molar-refractivity contribution in [1.82, 2.24) is 0 Å². The van der Waals surface area contributed by atoms with Crippen LogP contribution in [0.4, 0.5) is 5.69 Å². The van der Waals surface area contributed by atoms with E-state index in [-0.39, 0.29) is 0 Å². The summed E-state index contributed by atoms with van der Waals surface area (Å²) in [5.74, 6) is 0. The Hall–Kier alpha value is -0.250. The Bertz CT molecular complexity index is 370. The van der Waals surface area contributed by atoms with E-state index in [9.17, 15) is 0 Å². The molecule has 1 aromatic carbocycles. The van der Waals surface area contributed by atoms with E-state index in [0.29, 0.717) is 0 Å². The average molecular weight is 317 g/mol. The molecule has 0 bridgehead atoms. The molecule has 84 valence electrons. The van der Waals surface area contributed by atoms with Crippen molar-refractivity contribution < 1.29 is 0 Å². The molecular formula is C13H20IN. The van der Waals surface area contributed by atoms with E-state index in [0.717, 1.165) is 18.5 Å². The summed E-state index contributed by atoms with van der Waals surface area (Å²) in [7, 11) is 0. The molecule has 1 nitrogen and oxygen atoms in total. The number of benzene rings is 1. The molecule has 0 saturated heterocycles. The highest BCUT2D eigenvalue weighted by molar-refractivity contribution is 14.1. The first-order valence-corrected chi connectivity index (χ1v) is 6.68. The van der Waals surface area contributed by atoms with Crippen LogP contribution in [0, 0.1) is 17.4 Å². The maximum absolute atomic E-state index is 6.19. The van der Waals surface area contributed by atoms with E-state index >= 15 is 0 Å².